The van der Waals surface area contributed by atoms with E-state index in [1.807, 2.05) is 169 Å². The monoisotopic (exact) mass is 949 g/mol. The number of hydrogen-bond donors (Lipinski definition) is 0. The molecule has 31 heteroatoms. The van der Waals surface area contributed by atoms with Crippen molar-refractivity contribution in [2.24, 2.45) is 0 Å². The zero-order valence-electron chi connectivity index (χ0n) is 37.3. The zero-order chi connectivity index (χ0) is 45.9. The van der Waals surface area contributed by atoms with E-state index in [9.17, 15) is 52.8 Å². The SMILES string of the molecule is CN(C)P(=O)(N(C)C)N(C)C.CN(C)P(=O)(N(C)C)N(C)C.CN(C)P(=O)(N(C)C)N(C)C.CN(C)P(=O)(N(C)C)N(C)C.F[B-](F)(F)F.F[B-](F)(F)F.[Co+2]. The average Bonchev–Trinajstić information content (AvgIpc) is 2.92. The second-order valence-corrected chi connectivity index (χ2v) is 26.9. The molecule has 0 saturated carbocycles. The van der Waals surface area contributed by atoms with Crippen LogP contribution in [-0.4, -0.2) is 240 Å². The predicted octanol–water partition coefficient (Wildman–Crippen LogP) is 5.71. The first-order valence-corrected chi connectivity index (χ1v) is 21.9. The van der Waals surface area contributed by atoms with E-state index in [0.717, 1.165) is 0 Å². The minimum absolute atomic E-state index is 0. The van der Waals surface area contributed by atoms with Gasteiger partial charge in [-0.1, -0.05) is 0 Å². The molecule has 0 rings (SSSR count). The van der Waals surface area contributed by atoms with Gasteiger partial charge in [-0.05, 0) is 169 Å². The van der Waals surface area contributed by atoms with Crippen molar-refractivity contribution in [3.8, 4) is 0 Å². The van der Waals surface area contributed by atoms with Crippen LogP contribution in [0, 0.1) is 0 Å². The molecule has 0 fully saturated rings. The molecule has 0 amide bonds. The van der Waals surface area contributed by atoms with Crippen molar-refractivity contribution in [3.63, 3.8) is 0 Å². The summed E-state index contributed by atoms with van der Waals surface area (Å²) in [6.45, 7) is 0. The van der Waals surface area contributed by atoms with Crippen molar-refractivity contribution >= 4 is 44.9 Å². The maximum atomic E-state index is 12.1. The summed E-state index contributed by atoms with van der Waals surface area (Å²) in [5.41, 5.74) is 0. The maximum absolute atomic E-state index is 12.1. The molecule has 16 nitrogen and oxygen atoms in total. The van der Waals surface area contributed by atoms with Crippen molar-refractivity contribution in [1.29, 1.82) is 0 Å². The van der Waals surface area contributed by atoms with Gasteiger partial charge < -0.3 is 34.5 Å². The summed E-state index contributed by atoms with van der Waals surface area (Å²) in [5.74, 6) is 0. The van der Waals surface area contributed by atoms with Crippen LogP contribution in [0.1, 0.15) is 0 Å². The molecule has 0 N–H and O–H groups in total. The number of halogens is 8. The molecule has 0 saturated heterocycles. The molecule has 0 aliphatic rings. The first-order valence-electron chi connectivity index (χ1n) is 15.6. The smallest absolute Gasteiger partial charge is 0.418 e. The Labute approximate surface area is 338 Å². The molecule has 0 unspecified atom stereocenters. The minimum Gasteiger partial charge on any atom is -0.418 e. The van der Waals surface area contributed by atoms with Gasteiger partial charge in [0.15, 0.2) is 0 Å². The Morgan fingerprint density at radius 1 is 0.236 bits per heavy atom. The van der Waals surface area contributed by atoms with Gasteiger partial charge in [0.2, 0.25) is 0 Å². The molecule has 0 aromatic carbocycles. The Hall–Kier alpha value is 0.516. The topological polar surface area (TPSA) is 107 Å². The third-order valence-electron chi connectivity index (χ3n) is 6.25. The van der Waals surface area contributed by atoms with Gasteiger partial charge in [0.25, 0.3) is 30.4 Å². The van der Waals surface area contributed by atoms with Crippen molar-refractivity contribution in [1.82, 2.24) is 56.0 Å². The molecular weight excluding hydrogens is 877 g/mol. The second kappa shape index (κ2) is 29.7. The van der Waals surface area contributed by atoms with Crippen LogP contribution in [0.2, 0.25) is 0 Å². The van der Waals surface area contributed by atoms with E-state index < -0.39 is 44.9 Å². The summed E-state index contributed by atoms with van der Waals surface area (Å²) >= 11 is 0. The van der Waals surface area contributed by atoms with Crippen LogP contribution in [0.4, 0.5) is 34.5 Å². The van der Waals surface area contributed by atoms with Gasteiger partial charge >= 0.3 is 31.3 Å². The first-order chi connectivity index (χ1) is 23.3. The molecule has 0 heterocycles. The van der Waals surface area contributed by atoms with E-state index in [0.29, 0.717) is 0 Å². The standard InChI is InChI=1S/4C6H18N3OP.2BF4.Co/c4*1-7(2)11(10,8(3)4)9(5)6;2*2-1(3,4)5;/h4*1-6H3;;;/q;;;;2*-1;+2. The Bertz CT molecular complexity index is 903. The average molecular weight is 949 g/mol. The van der Waals surface area contributed by atoms with Crippen LogP contribution in [0.3, 0.4) is 0 Å². The summed E-state index contributed by atoms with van der Waals surface area (Å²) in [4.78, 5) is 0. The zero-order valence-corrected chi connectivity index (χ0v) is 41.9. The number of hydrogen-bond acceptors (Lipinski definition) is 4. The number of nitrogens with zero attached hydrogens (tertiary/aromatic N) is 12. The van der Waals surface area contributed by atoms with Crippen LogP contribution in [0.15, 0.2) is 0 Å². The Morgan fingerprint density at radius 3 is 0.273 bits per heavy atom. The Balaban J connectivity index is -0.000000103. The van der Waals surface area contributed by atoms with E-state index in [1.165, 1.54) is 0 Å². The van der Waals surface area contributed by atoms with E-state index in [-0.39, 0.29) is 16.8 Å². The molecule has 343 valence electrons. The minimum atomic E-state index is -6.00. The number of rotatable bonds is 12. The van der Waals surface area contributed by atoms with E-state index in [2.05, 4.69) is 0 Å². The van der Waals surface area contributed by atoms with Gasteiger partial charge in [-0.25, -0.2) is 56.0 Å². The van der Waals surface area contributed by atoms with Gasteiger partial charge in [-0.2, -0.15) is 0 Å². The fraction of sp³-hybridized carbons (Fsp3) is 1.00. The van der Waals surface area contributed by atoms with E-state index >= 15 is 0 Å². The van der Waals surface area contributed by atoms with Gasteiger partial charge in [0.1, 0.15) is 0 Å². The maximum Gasteiger partial charge on any atom is 2.00 e. The van der Waals surface area contributed by atoms with Crippen LogP contribution >= 0.6 is 30.4 Å². The Morgan fingerprint density at radius 2 is 0.273 bits per heavy atom. The van der Waals surface area contributed by atoms with Gasteiger partial charge in [0.05, 0.1) is 0 Å². The van der Waals surface area contributed by atoms with Gasteiger partial charge in [0, 0.05) is 0 Å². The predicted molar refractivity (Wildman–Crippen MR) is 215 cm³/mol. The molecule has 0 aliphatic carbocycles. The molecule has 0 bridgehead atoms. The molecule has 0 aromatic rings. The molecule has 1 radical (unpaired) electrons. The van der Waals surface area contributed by atoms with Crippen LogP contribution in [-0.2, 0) is 35.0 Å². The third kappa shape index (κ3) is 28.6. The summed E-state index contributed by atoms with van der Waals surface area (Å²) in [7, 11) is 21.9. The normalized spacial score (nSPS) is 13.0. The fourth-order valence-corrected chi connectivity index (χ4v) is 12.9. The summed E-state index contributed by atoms with van der Waals surface area (Å²) in [6.07, 6.45) is 0. The molecular formula is C24H72B2CoF8N12O4P4. The summed E-state index contributed by atoms with van der Waals surface area (Å²) in [5, 5.41) is 0. The fourth-order valence-electron chi connectivity index (χ4n) is 4.29. The van der Waals surface area contributed by atoms with Crippen LogP contribution in [0.25, 0.3) is 0 Å². The van der Waals surface area contributed by atoms with E-state index in [4.69, 9.17) is 0 Å². The molecule has 0 spiro atoms. The largest absolute Gasteiger partial charge is 2.00 e. The van der Waals surface area contributed by atoms with Crippen molar-refractivity contribution < 1.29 is 69.6 Å². The summed E-state index contributed by atoms with van der Waals surface area (Å²) in [6, 6.07) is 0. The van der Waals surface area contributed by atoms with Gasteiger partial charge in [-0.3, -0.25) is 18.3 Å². The molecule has 0 aromatic heterocycles. The van der Waals surface area contributed by atoms with E-state index in [1.54, 1.807) is 56.0 Å². The van der Waals surface area contributed by atoms with Gasteiger partial charge in [-0.15, -0.1) is 0 Å². The van der Waals surface area contributed by atoms with Crippen molar-refractivity contribution in [2.75, 3.05) is 169 Å². The van der Waals surface area contributed by atoms with Crippen molar-refractivity contribution in [2.45, 2.75) is 0 Å². The third-order valence-corrected chi connectivity index (χ3v) is 18.8. The van der Waals surface area contributed by atoms with Crippen LogP contribution < -0.4 is 0 Å². The summed E-state index contributed by atoms with van der Waals surface area (Å²) < 4.78 is 147. The molecule has 55 heavy (non-hydrogen) atoms. The first kappa shape index (κ1) is 70.1. The quantitative estimate of drug-likeness (QED) is 0.135. The van der Waals surface area contributed by atoms with Crippen molar-refractivity contribution in [3.05, 3.63) is 0 Å². The molecule has 0 atom stereocenters. The molecule has 0 aliphatic heterocycles. The second-order valence-electron chi connectivity index (χ2n) is 13.2. The Kier molecular flexibility index (Phi) is 37.8. The van der Waals surface area contributed by atoms with Crippen LogP contribution in [0.5, 0.6) is 0 Å².